The van der Waals surface area contributed by atoms with E-state index in [1.807, 2.05) is 0 Å². The maximum Gasteiger partial charge on any atom is 0.274 e. The number of anilines is 1. The summed E-state index contributed by atoms with van der Waals surface area (Å²) < 4.78 is 36.4. The molecule has 9 nitrogen and oxygen atoms in total. The molecule has 1 fully saturated rings. The van der Waals surface area contributed by atoms with E-state index in [-0.39, 0.29) is 22.9 Å². The van der Waals surface area contributed by atoms with Gasteiger partial charge in [0.15, 0.2) is 0 Å². The molecule has 0 aliphatic carbocycles. The Labute approximate surface area is 172 Å². The molecule has 11 heteroatoms. The first kappa shape index (κ1) is 21.7. The molecule has 30 heavy (non-hydrogen) atoms. The minimum atomic E-state index is -4.22. The Bertz CT molecular complexity index is 1090. The van der Waals surface area contributed by atoms with Gasteiger partial charge in [-0.3, -0.25) is 14.9 Å². The fraction of sp³-hybridized carbons (Fsp3) is 0.316. The molecule has 3 rings (SSSR count). The maximum atomic E-state index is 13.1. The lowest BCUT2D eigenvalue weighted by Crippen LogP contribution is -2.31. The van der Waals surface area contributed by atoms with Crippen molar-refractivity contribution in [3.8, 4) is 0 Å². The van der Waals surface area contributed by atoms with E-state index in [4.69, 9.17) is 5.14 Å². The van der Waals surface area contributed by atoms with E-state index in [2.05, 4.69) is 10.2 Å². The van der Waals surface area contributed by atoms with Crippen molar-refractivity contribution in [2.75, 3.05) is 24.5 Å². The monoisotopic (exact) mass is 436 g/mol. The van der Waals surface area contributed by atoms with Gasteiger partial charge < -0.3 is 10.2 Å². The summed E-state index contributed by atoms with van der Waals surface area (Å²) in [5, 5.41) is 19.1. The Hall–Kier alpha value is -3.05. The molecule has 0 saturated carbocycles. The Morgan fingerprint density at radius 2 is 2.00 bits per heavy atom. The highest BCUT2D eigenvalue weighted by molar-refractivity contribution is 7.89. The molecule has 0 spiro atoms. The van der Waals surface area contributed by atoms with Gasteiger partial charge >= 0.3 is 0 Å². The molecule has 1 atom stereocenters. The molecule has 1 aliphatic heterocycles. The number of amides is 1. The van der Waals surface area contributed by atoms with E-state index in [9.17, 15) is 27.7 Å². The van der Waals surface area contributed by atoms with Crippen molar-refractivity contribution in [3.63, 3.8) is 0 Å². The first-order valence-corrected chi connectivity index (χ1v) is 10.7. The highest BCUT2D eigenvalue weighted by Crippen LogP contribution is 2.27. The average molecular weight is 436 g/mol. The summed E-state index contributed by atoms with van der Waals surface area (Å²) in [6, 6.07) is 8.05. The van der Waals surface area contributed by atoms with Crippen LogP contribution in [0.3, 0.4) is 0 Å². The predicted octanol–water partition coefficient (Wildman–Crippen LogP) is 1.95. The van der Waals surface area contributed by atoms with Crippen molar-refractivity contribution >= 4 is 27.3 Å². The van der Waals surface area contributed by atoms with Crippen molar-refractivity contribution in [2.24, 2.45) is 11.1 Å². The lowest BCUT2D eigenvalue weighted by Gasteiger charge is -2.19. The van der Waals surface area contributed by atoms with Gasteiger partial charge in [0, 0.05) is 37.0 Å². The number of sulfonamides is 1. The number of carbonyl (C=O) groups is 1. The molecular weight excluding hydrogens is 415 g/mol. The van der Waals surface area contributed by atoms with Gasteiger partial charge in [-0.15, -0.1) is 0 Å². The molecule has 1 aliphatic rings. The molecular formula is C19H21FN4O5S. The zero-order valence-electron chi connectivity index (χ0n) is 16.2. The zero-order chi connectivity index (χ0) is 22.1. The minimum Gasteiger partial charge on any atom is -0.371 e. The molecule has 1 amide bonds. The van der Waals surface area contributed by atoms with Gasteiger partial charge in [-0.05, 0) is 49.6 Å². The molecule has 2 aromatic carbocycles. The van der Waals surface area contributed by atoms with Crippen LogP contribution in [0.15, 0.2) is 41.3 Å². The summed E-state index contributed by atoms with van der Waals surface area (Å²) in [6.07, 6.45) is 0.800. The number of benzene rings is 2. The van der Waals surface area contributed by atoms with Gasteiger partial charge in [-0.2, -0.15) is 0 Å². The second-order valence-corrected chi connectivity index (χ2v) is 8.77. The Balaban J connectivity index is 1.71. The fourth-order valence-electron chi connectivity index (χ4n) is 3.48. The number of hydrogen-bond acceptors (Lipinski definition) is 6. The van der Waals surface area contributed by atoms with Crippen LogP contribution in [0.1, 0.15) is 22.3 Å². The normalized spacial score (nSPS) is 16.5. The smallest absolute Gasteiger partial charge is 0.274 e. The Kier molecular flexibility index (Phi) is 6.04. The van der Waals surface area contributed by atoms with E-state index in [0.717, 1.165) is 30.8 Å². The number of nitrogens with one attached hydrogen (secondary N) is 1. The van der Waals surface area contributed by atoms with Crippen LogP contribution in [-0.2, 0) is 10.0 Å². The number of hydrogen-bond donors (Lipinski definition) is 2. The zero-order valence-corrected chi connectivity index (χ0v) is 17.0. The number of carbonyl (C=O) groups excluding carboxylic acids is 1. The lowest BCUT2D eigenvalue weighted by atomic mass is 10.1. The van der Waals surface area contributed by atoms with Crippen LogP contribution >= 0.6 is 0 Å². The molecule has 1 saturated heterocycles. The van der Waals surface area contributed by atoms with Gasteiger partial charge in [0.2, 0.25) is 10.0 Å². The highest BCUT2D eigenvalue weighted by Gasteiger charge is 2.26. The first-order valence-electron chi connectivity index (χ1n) is 9.17. The van der Waals surface area contributed by atoms with Crippen LogP contribution in [0.5, 0.6) is 0 Å². The van der Waals surface area contributed by atoms with E-state index in [1.54, 1.807) is 12.1 Å². The fourth-order valence-corrected chi connectivity index (χ4v) is 4.04. The molecule has 3 N–H and O–H groups in total. The standard InChI is InChI=1S/C19H21FN4O5S/c1-12-17(8-16(30(21,28)29)9-18(12)24(26)27)19(25)22-10-13-6-7-23(11-13)15-4-2-14(20)3-5-15/h2-5,8-9,13H,6-7,10-11H2,1H3,(H,22,25)(H2,21,28,29)/t13-/m0/s1. The third-order valence-electron chi connectivity index (χ3n) is 5.15. The lowest BCUT2D eigenvalue weighted by molar-refractivity contribution is -0.385. The predicted molar refractivity (Wildman–Crippen MR) is 108 cm³/mol. The number of nitrogens with zero attached hydrogens (tertiary/aromatic N) is 2. The van der Waals surface area contributed by atoms with E-state index >= 15 is 0 Å². The molecule has 160 valence electrons. The van der Waals surface area contributed by atoms with Gasteiger partial charge in [0.25, 0.3) is 11.6 Å². The number of halogens is 1. The third-order valence-corrected chi connectivity index (χ3v) is 6.05. The molecule has 1 heterocycles. The number of rotatable bonds is 6. The van der Waals surface area contributed by atoms with Crippen molar-refractivity contribution < 1.29 is 22.5 Å². The molecule has 0 radical (unpaired) electrons. The number of nitro groups is 1. The largest absolute Gasteiger partial charge is 0.371 e. The summed E-state index contributed by atoms with van der Waals surface area (Å²) in [4.78, 5) is 24.7. The van der Waals surface area contributed by atoms with Gasteiger partial charge in [-0.25, -0.2) is 17.9 Å². The third kappa shape index (κ3) is 4.74. The van der Waals surface area contributed by atoms with Crippen molar-refractivity contribution in [2.45, 2.75) is 18.2 Å². The molecule has 2 aromatic rings. The summed E-state index contributed by atoms with van der Waals surface area (Å²) in [5.41, 5.74) is 0.346. The first-order chi connectivity index (χ1) is 14.1. The van der Waals surface area contributed by atoms with E-state index in [0.29, 0.717) is 13.1 Å². The highest BCUT2D eigenvalue weighted by atomic mass is 32.2. The maximum absolute atomic E-state index is 13.1. The average Bonchev–Trinajstić information content (AvgIpc) is 3.14. The summed E-state index contributed by atoms with van der Waals surface area (Å²) >= 11 is 0. The van der Waals surface area contributed by atoms with Crippen LogP contribution in [0.4, 0.5) is 15.8 Å². The molecule has 0 aromatic heterocycles. The number of nitro benzene ring substituents is 1. The summed E-state index contributed by atoms with van der Waals surface area (Å²) in [7, 11) is -4.22. The van der Waals surface area contributed by atoms with Crippen LogP contribution < -0.4 is 15.4 Å². The van der Waals surface area contributed by atoms with Crippen molar-refractivity contribution in [1.29, 1.82) is 0 Å². The number of nitrogens with two attached hydrogens (primary N) is 1. The second-order valence-electron chi connectivity index (χ2n) is 7.20. The van der Waals surface area contributed by atoms with Gasteiger partial charge in [0.1, 0.15) is 5.82 Å². The number of primary sulfonamides is 1. The Morgan fingerprint density at radius 1 is 1.33 bits per heavy atom. The quantitative estimate of drug-likeness (QED) is 0.525. The van der Waals surface area contributed by atoms with Crippen LogP contribution in [0.2, 0.25) is 0 Å². The van der Waals surface area contributed by atoms with Gasteiger partial charge in [0.05, 0.1) is 15.4 Å². The SMILES string of the molecule is Cc1c(C(=O)NC[C@@H]2CCN(c3ccc(F)cc3)C2)cc(S(N)(=O)=O)cc1[N+](=O)[O-]. The van der Waals surface area contributed by atoms with Crippen LogP contribution in [0.25, 0.3) is 0 Å². The van der Waals surface area contributed by atoms with E-state index < -0.39 is 31.4 Å². The van der Waals surface area contributed by atoms with E-state index in [1.165, 1.54) is 19.1 Å². The molecule has 0 bridgehead atoms. The van der Waals surface area contributed by atoms with Crippen LogP contribution in [0, 0.1) is 28.8 Å². The van der Waals surface area contributed by atoms with Gasteiger partial charge in [-0.1, -0.05) is 0 Å². The van der Waals surface area contributed by atoms with Crippen LogP contribution in [-0.4, -0.2) is 38.9 Å². The van der Waals surface area contributed by atoms with Crippen molar-refractivity contribution in [3.05, 3.63) is 63.5 Å². The summed E-state index contributed by atoms with van der Waals surface area (Å²) in [5.74, 6) is -0.801. The minimum absolute atomic E-state index is 0.0595. The Morgan fingerprint density at radius 3 is 2.60 bits per heavy atom. The topological polar surface area (TPSA) is 136 Å². The van der Waals surface area contributed by atoms with Crippen molar-refractivity contribution in [1.82, 2.24) is 5.32 Å². The second kappa shape index (κ2) is 8.36. The summed E-state index contributed by atoms with van der Waals surface area (Å²) in [6.45, 7) is 3.09. The molecule has 0 unspecified atom stereocenters.